The Morgan fingerprint density at radius 3 is 2.73 bits per heavy atom. The first kappa shape index (κ1) is 21.0. The molecule has 1 fully saturated rings. The summed E-state index contributed by atoms with van der Waals surface area (Å²) in [6.07, 6.45) is 2.71. The number of aromatic nitrogens is 2. The summed E-state index contributed by atoms with van der Waals surface area (Å²) in [5, 5.41) is 3.69. The molecule has 158 valence electrons. The quantitative estimate of drug-likeness (QED) is 0.620. The molecule has 0 saturated carbocycles. The Morgan fingerprint density at radius 2 is 2.03 bits per heavy atom. The van der Waals surface area contributed by atoms with Crippen molar-refractivity contribution in [1.29, 1.82) is 0 Å². The molecular formula is C21H23ClFN5OS. The highest BCUT2D eigenvalue weighted by molar-refractivity contribution is 7.20. The minimum absolute atomic E-state index is 0.0313. The third-order valence-electron chi connectivity index (χ3n) is 5.30. The van der Waals surface area contributed by atoms with E-state index in [0.29, 0.717) is 10.6 Å². The third-order valence-corrected chi connectivity index (χ3v) is 6.79. The van der Waals surface area contributed by atoms with Crippen molar-refractivity contribution in [2.75, 3.05) is 42.9 Å². The van der Waals surface area contributed by atoms with E-state index in [0.717, 1.165) is 60.7 Å². The highest BCUT2D eigenvalue weighted by atomic mass is 35.5. The summed E-state index contributed by atoms with van der Waals surface area (Å²) in [6.45, 7) is 9.03. The smallest absolute Gasteiger partial charge is 0.266 e. The molecule has 9 heteroatoms. The number of fused-ring (bicyclic) bond motifs is 1. The lowest BCUT2D eigenvalue weighted by Gasteiger charge is -2.35. The van der Waals surface area contributed by atoms with E-state index < -0.39 is 5.82 Å². The summed E-state index contributed by atoms with van der Waals surface area (Å²) in [5.74, 6) is 0.0947. The van der Waals surface area contributed by atoms with Crippen molar-refractivity contribution >= 4 is 50.6 Å². The minimum Gasteiger partial charge on any atom is -0.353 e. The van der Waals surface area contributed by atoms with Gasteiger partial charge in [0.1, 0.15) is 22.8 Å². The highest BCUT2D eigenvalue weighted by Gasteiger charge is 2.24. The number of anilines is 2. The Bertz CT molecular complexity index is 1080. The topological polar surface area (TPSA) is 61.4 Å². The number of rotatable bonds is 5. The SMILES string of the molecule is CCCN1CCN(c2ncnc3sc(C(=O)Nc4ccc(F)c(Cl)c4)c(C)c23)CC1. The Balaban J connectivity index is 1.60. The van der Waals surface area contributed by atoms with Gasteiger partial charge in [-0.1, -0.05) is 18.5 Å². The molecule has 4 rings (SSSR count). The number of carbonyl (C=O) groups excluding carboxylic acids is 1. The second-order valence-corrected chi connectivity index (χ2v) is 8.75. The summed E-state index contributed by atoms with van der Waals surface area (Å²) in [7, 11) is 0. The lowest BCUT2D eigenvalue weighted by molar-refractivity contribution is 0.103. The third kappa shape index (κ3) is 4.12. The number of aryl methyl sites for hydroxylation is 1. The number of thiophene rings is 1. The van der Waals surface area contributed by atoms with Gasteiger partial charge in [-0.25, -0.2) is 14.4 Å². The van der Waals surface area contributed by atoms with Crippen LogP contribution >= 0.6 is 22.9 Å². The first-order chi connectivity index (χ1) is 14.5. The van der Waals surface area contributed by atoms with Gasteiger partial charge in [-0.05, 0) is 43.7 Å². The van der Waals surface area contributed by atoms with Crippen molar-refractivity contribution in [3.63, 3.8) is 0 Å². The van der Waals surface area contributed by atoms with E-state index in [2.05, 4.69) is 32.0 Å². The zero-order valence-electron chi connectivity index (χ0n) is 16.9. The fourth-order valence-electron chi connectivity index (χ4n) is 3.77. The molecular weight excluding hydrogens is 425 g/mol. The molecule has 3 heterocycles. The predicted molar refractivity (Wildman–Crippen MR) is 120 cm³/mol. The number of halogens is 2. The molecule has 1 aliphatic rings. The number of hydrogen-bond acceptors (Lipinski definition) is 6. The van der Waals surface area contributed by atoms with Gasteiger partial charge in [0.05, 0.1) is 15.3 Å². The Hall–Kier alpha value is -2.29. The number of amides is 1. The number of carbonyl (C=O) groups is 1. The van der Waals surface area contributed by atoms with Crippen molar-refractivity contribution in [1.82, 2.24) is 14.9 Å². The van der Waals surface area contributed by atoms with Crippen LogP contribution in [0.2, 0.25) is 5.02 Å². The largest absolute Gasteiger partial charge is 0.353 e. The molecule has 1 aromatic carbocycles. The number of piperazine rings is 1. The van der Waals surface area contributed by atoms with Crippen LogP contribution in [0, 0.1) is 12.7 Å². The molecule has 30 heavy (non-hydrogen) atoms. The van der Waals surface area contributed by atoms with Crippen LogP contribution in [0.15, 0.2) is 24.5 Å². The van der Waals surface area contributed by atoms with E-state index in [-0.39, 0.29) is 10.9 Å². The summed E-state index contributed by atoms with van der Waals surface area (Å²) < 4.78 is 13.4. The molecule has 3 aromatic rings. The number of nitrogens with one attached hydrogen (secondary N) is 1. The average molecular weight is 448 g/mol. The van der Waals surface area contributed by atoms with Crippen LogP contribution in [0.1, 0.15) is 28.6 Å². The maximum Gasteiger partial charge on any atom is 0.266 e. The molecule has 1 N–H and O–H groups in total. The van der Waals surface area contributed by atoms with Gasteiger partial charge in [0.25, 0.3) is 5.91 Å². The van der Waals surface area contributed by atoms with Gasteiger partial charge in [-0.3, -0.25) is 9.69 Å². The summed E-state index contributed by atoms with van der Waals surface area (Å²) in [5.41, 5.74) is 1.30. The molecule has 0 atom stereocenters. The molecule has 0 radical (unpaired) electrons. The van der Waals surface area contributed by atoms with Gasteiger partial charge in [-0.2, -0.15) is 0 Å². The van der Waals surface area contributed by atoms with Crippen LogP contribution in [0.5, 0.6) is 0 Å². The second-order valence-electron chi connectivity index (χ2n) is 7.35. The fourth-order valence-corrected chi connectivity index (χ4v) is 4.99. The first-order valence-corrected chi connectivity index (χ1v) is 11.1. The second kappa shape index (κ2) is 8.83. The molecule has 0 bridgehead atoms. The zero-order valence-corrected chi connectivity index (χ0v) is 18.5. The molecule has 2 aromatic heterocycles. The zero-order chi connectivity index (χ0) is 21.3. The molecule has 0 unspecified atom stereocenters. The minimum atomic E-state index is -0.522. The maximum atomic E-state index is 13.4. The van der Waals surface area contributed by atoms with E-state index in [1.807, 2.05) is 6.92 Å². The first-order valence-electron chi connectivity index (χ1n) is 9.95. The van der Waals surface area contributed by atoms with Crippen molar-refractivity contribution in [3.05, 3.63) is 45.8 Å². The average Bonchev–Trinajstić information content (AvgIpc) is 3.09. The predicted octanol–water partition coefficient (Wildman–Crippen LogP) is 4.58. The molecule has 0 aliphatic carbocycles. The molecule has 6 nitrogen and oxygen atoms in total. The van der Waals surface area contributed by atoms with Crippen LogP contribution in [0.3, 0.4) is 0 Å². The maximum absolute atomic E-state index is 13.4. The lowest BCUT2D eigenvalue weighted by Crippen LogP contribution is -2.46. The summed E-state index contributed by atoms with van der Waals surface area (Å²) in [6, 6.07) is 4.12. The van der Waals surface area contributed by atoms with Crippen molar-refractivity contribution in [2.24, 2.45) is 0 Å². The van der Waals surface area contributed by atoms with Crippen molar-refractivity contribution in [3.8, 4) is 0 Å². The van der Waals surface area contributed by atoms with E-state index in [4.69, 9.17) is 11.6 Å². The van der Waals surface area contributed by atoms with Crippen LogP contribution in [0.25, 0.3) is 10.2 Å². The van der Waals surface area contributed by atoms with Crippen LogP contribution in [-0.2, 0) is 0 Å². The van der Waals surface area contributed by atoms with Gasteiger partial charge >= 0.3 is 0 Å². The van der Waals surface area contributed by atoms with Crippen LogP contribution in [0.4, 0.5) is 15.9 Å². The Kier molecular flexibility index (Phi) is 6.17. The molecule has 1 amide bonds. The van der Waals surface area contributed by atoms with Gasteiger partial charge in [0, 0.05) is 31.9 Å². The van der Waals surface area contributed by atoms with E-state index >= 15 is 0 Å². The summed E-state index contributed by atoms with van der Waals surface area (Å²) in [4.78, 5) is 27.9. The number of benzene rings is 1. The van der Waals surface area contributed by atoms with Gasteiger partial charge in [0.15, 0.2) is 0 Å². The lowest BCUT2D eigenvalue weighted by atomic mass is 10.1. The Morgan fingerprint density at radius 1 is 1.27 bits per heavy atom. The van der Waals surface area contributed by atoms with Gasteiger partial charge < -0.3 is 10.2 Å². The fraction of sp³-hybridized carbons (Fsp3) is 0.381. The van der Waals surface area contributed by atoms with E-state index in [9.17, 15) is 9.18 Å². The standard InChI is InChI=1S/C21H23ClFN5OS/c1-3-6-27-7-9-28(10-8-27)19-17-13(2)18(30-21(17)25-12-24-19)20(29)26-14-4-5-16(23)15(22)11-14/h4-5,11-12H,3,6-10H2,1-2H3,(H,26,29). The van der Waals surface area contributed by atoms with Crippen LogP contribution in [-0.4, -0.2) is 53.5 Å². The molecule has 1 aliphatic heterocycles. The normalized spacial score (nSPS) is 15.0. The monoisotopic (exact) mass is 447 g/mol. The number of nitrogens with zero attached hydrogens (tertiary/aromatic N) is 4. The highest BCUT2D eigenvalue weighted by Crippen LogP contribution is 2.35. The van der Waals surface area contributed by atoms with Crippen molar-refractivity contribution < 1.29 is 9.18 Å². The summed E-state index contributed by atoms with van der Waals surface area (Å²) >= 11 is 7.16. The van der Waals surface area contributed by atoms with Gasteiger partial charge in [0.2, 0.25) is 0 Å². The van der Waals surface area contributed by atoms with Gasteiger partial charge in [-0.15, -0.1) is 11.3 Å². The van der Waals surface area contributed by atoms with E-state index in [1.165, 1.54) is 29.5 Å². The van der Waals surface area contributed by atoms with Crippen molar-refractivity contribution in [2.45, 2.75) is 20.3 Å². The molecule has 1 saturated heterocycles. The molecule has 0 spiro atoms. The number of hydrogen-bond donors (Lipinski definition) is 1. The van der Waals surface area contributed by atoms with E-state index in [1.54, 1.807) is 6.33 Å². The Labute approximate surface area is 183 Å². The van der Waals surface area contributed by atoms with Crippen LogP contribution < -0.4 is 10.2 Å².